The molecule has 0 unspecified atom stereocenters. The molecular formula is C38H31FN2O7S. The van der Waals surface area contributed by atoms with Crippen LogP contribution in [0.4, 0.5) is 9.52 Å². The molecule has 0 radical (unpaired) electrons. The summed E-state index contributed by atoms with van der Waals surface area (Å²) in [5, 5.41) is 0.146. The van der Waals surface area contributed by atoms with Gasteiger partial charge >= 0.3 is 17.9 Å². The number of aromatic nitrogens is 1. The number of hydrogen-bond acceptors (Lipinski definition) is 10. The van der Waals surface area contributed by atoms with E-state index in [0.29, 0.717) is 22.4 Å². The molecule has 1 fully saturated rings. The van der Waals surface area contributed by atoms with E-state index in [1.807, 2.05) is 6.07 Å². The van der Waals surface area contributed by atoms with Gasteiger partial charge in [-0.1, -0.05) is 102 Å². The van der Waals surface area contributed by atoms with E-state index in [4.69, 9.17) is 19.2 Å². The maximum absolute atomic E-state index is 14.2. The van der Waals surface area contributed by atoms with Crippen molar-refractivity contribution in [2.75, 3.05) is 26.2 Å². The molecule has 0 spiro atoms. The Bertz CT molecular complexity index is 1950. The molecule has 0 aliphatic carbocycles. The smallest absolute Gasteiger partial charge is 0.329 e. The first kappa shape index (κ1) is 33.2. The lowest BCUT2D eigenvalue weighted by atomic mass is 9.70. The minimum atomic E-state index is -1.62. The normalized spacial score (nSPS) is 18.0. The second kappa shape index (κ2) is 13.8. The predicted octanol–water partition coefficient (Wildman–Crippen LogP) is 6.06. The van der Waals surface area contributed by atoms with Gasteiger partial charge in [-0.3, -0.25) is 14.4 Å². The summed E-state index contributed by atoms with van der Waals surface area (Å²) in [6, 6.07) is 30.6. The lowest BCUT2D eigenvalue weighted by Crippen LogP contribution is -2.52. The third-order valence-corrected chi connectivity index (χ3v) is 9.84. The summed E-state index contributed by atoms with van der Waals surface area (Å²) >= 11 is 0.984. The summed E-state index contributed by atoms with van der Waals surface area (Å²) in [5.41, 5.74) is 0.583. The van der Waals surface area contributed by atoms with E-state index in [0.717, 1.165) is 11.3 Å². The van der Waals surface area contributed by atoms with Crippen LogP contribution in [0.3, 0.4) is 0 Å². The van der Waals surface area contributed by atoms with Crippen molar-refractivity contribution in [3.8, 4) is 11.3 Å². The molecule has 0 bridgehead atoms. The van der Waals surface area contributed by atoms with Gasteiger partial charge in [0.2, 0.25) is 5.78 Å². The Labute approximate surface area is 285 Å². The first-order chi connectivity index (χ1) is 23.8. The van der Waals surface area contributed by atoms with Gasteiger partial charge in [0.1, 0.15) is 34.1 Å². The molecule has 0 saturated carbocycles. The summed E-state index contributed by atoms with van der Waals surface area (Å²) in [7, 11) is 3.58. The first-order valence-corrected chi connectivity index (χ1v) is 16.1. The third kappa shape index (κ3) is 5.65. The van der Waals surface area contributed by atoms with Crippen molar-refractivity contribution in [1.29, 1.82) is 0 Å². The largest absolute Gasteiger partial charge is 0.469 e. The van der Waals surface area contributed by atoms with Crippen LogP contribution in [0.15, 0.2) is 115 Å². The van der Waals surface area contributed by atoms with Gasteiger partial charge in [-0.2, -0.15) is 0 Å². The minimum Gasteiger partial charge on any atom is -0.469 e. The number of anilines is 1. The van der Waals surface area contributed by atoms with Gasteiger partial charge in [0.15, 0.2) is 5.13 Å². The number of halogens is 1. The lowest BCUT2D eigenvalue weighted by Gasteiger charge is -2.43. The number of benzene rings is 4. The van der Waals surface area contributed by atoms with Gasteiger partial charge in [0, 0.05) is 11.1 Å². The fourth-order valence-corrected chi connectivity index (χ4v) is 7.88. The van der Waals surface area contributed by atoms with Crippen molar-refractivity contribution in [1.82, 2.24) is 4.98 Å². The van der Waals surface area contributed by atoms with Crippen LogP contribution in [0.2, 0.25) is 0 Å². The monoisotopic (exact) mass is 678 g/mol. The zero-order chi connectivity index (χ0) is 34.7. The SMILES string of the molecule is COC(=O)[C@H]1[C@@H](C(=O)OC)C(c2ccccc2)(c2ccccc2)N(c2nc(-c3ccccc3)c(C(=O)c3ccc(F)cc3)s2)[C@H]1C(=O)OC. The van der Waals surface area contributed by atoms with Crippen LogP contribution in [0.25, 0.3) is 11.3 Å². The van der Waals surface area contributed by atoms with Crippen molar-refractivity contribution < 1.29 is 37.8 Å². The van der Waals surface area contributed by atoms with Gasteiger partial charge in [0.25, 0.3) is 0 Å². The van der Waals surface area contributed by atoms with Crippen LogP contribution in [-0.4, -0.2) is 56.0 Å². The molecule has 0 N–H and O–H groups in total. The predicted molar refractivity (Wildman–Crippen MR) is 180 cm³/mol. The van der Waals surface area contributed by atoms with Crippen molar-refractivity contribution >= 4 is 40.2 Å². The number of rotatable bonds is 9. The molecule has 9 nitrogen and oxygen atoms in total. The van der Waals surface area contributed by atoms with Crippen LogP contribution in [0.1, 0.15) is 26.4 Å². The third-order valence-electron chi connectivity index (χ3n) is 8.79. The Morgan fingerprint density at radius 3 is 1.71 bits per heavy atom. The molecule has 1 saturated heterocycles. The van der Waals surface area contributed by atoms with Gasteiger partial charge in [-0.05, 0) is 35.4 Å². The van der Waals surface area contributed by atoms with E-state index >= 15 is 0 Å². The fraction of sp³-hybridized carbons (Fsp3) is 0.184. The van der Waals surface area contributed by atoms with Crippen molar-refractivity contribution in [3.63, 3.8) is 0 Å². The summed E-state index contributed by atoms with van der Waals surface area (Å²) < 4.78 is 29.8. The quantitative estimate of drug-likeness (QED) is 0.104. The van der Waals surface area contributed by atoms with E-state index in [-0.39, 0.29) is 15.6 Å². The molecule has 1 aliphatic heterocycles. The molecule has 5 aromatic rings. The summed E-state index contributed by atoms with van der Waals surface area (Å²) in [4.78, 5) is 63.0. The second-order valence-electron chi connectivity index (χ2n) is 11.3. The highest BCUT2D eigenvalue weighted by atomic mass is 32.1. The van der Waals surface area contributed by atoms with Crippen molar-refractivity contribution in [2.24, 2.45) is 11.8 Å². The summed E-state index contributed by atoms with van der Waals surface area (Å²) in [5.74, 6) is -6.18. The Morgan fingerprint density at radius 1 is 0.694 bits per heavy atom. The highest BCUT2D eigenvalue weighted by Crippen LogP contribution is 2.57. The molecule has 1 aromatic heterocycles. The highest BCUT2D eigenvalue weighted by Gasteiger charge is 2.69. The molecule has 4 aromatic carbocycles. The van der Waals surface area contributed by atoms with E-state index in [1.54, 1.807) is 89.8 Å². The fourth-order valence-electron chi connectivity index (χ4n) is 6.74. The minimum absolute atomic E-state index is 0.146. The van der Waals surface area contributed by atoms with Crippen LogP contribution >= 0.6 is 11.3 Å². The maximum atomic E-state index is 14.2. The molecule has 3 atom stereocenters. The second-order valence-corrected chi connectivity index (χ2v) is 12.2. The number of nitrogens with zero attached hydrogens (tertiary/aromatic N) is 2. The zero-order valence-electron chi connectivity index (χ0n) is 26.7. The number of hydrogen-bond donors (Lipinski definition) is 0. The van der Waals surface area contributed by atoms with E-state index in [9.17, 15) is 23.6 Å². The van der Waals surface area contributed by atoms with Gasteiger partial charge in [-0.25, -0.2) is 14.2 Å². The summed E-state index contributed by atoms with van der Waals surface area (Å²) in [6.45, 7) is 0. The zero-order valence-corrected chi connectivity index (χ0v) is 27.6. The number of ketones is 1. The average molecular weight is 679 g/mol. The topological polar surface area (TPSA) is 112 Å². The molecule has 49 heavy (non-hydrogen) atoms. The Kier molecular flexibility index (Phi) is 9.37. The van der Waals surface area contributed by atoms with E-state index in [2.05, 4.69) is 0 Å². The van der Waals surface area contributed by atoms with Gasteiger partial charge < -0.3 is 19.1 Å². The Hall–Kier alpha value is -5.68. The molecular weight excluding hydrogens is 647 g/mol. The maximum Gasteiger partial charge on any atom is 0.329 e. The van der Waals surface area contributed by atoms with Gasteiger partial charge in [0.05, 0.1) is 27.0 Å². The number of carbonyl (C=O) groups excluding carboxylic acids is 4. The molecule has 11 heteroatoms. The molecule has 0 amide bonds. The van der Waals surface area contributed by atoms with Crippen LogP contribution in [0.5, 0.6) is 0 Å². The van der Waals surface area contributed by atoms with Crippen LogP contribution < -0.4 is 4.90 Å². The first-order valence-electron chi connectivity index (χ1n) is 15.3. The lowest BCUT2D eigenvalue weighted by molar-refractivity contribution is -0.160. The molecule has 1 aliphatic rings. The molecule has 2 heterocycles. The molecule has 6 rings (SSSR count). The number of carbonyl (C=O) groups is 4. The number of ether oxygens (including phenoxy) is 3. The van der Waals surface area contributed by atoms with E-state index in [1.165, 1.54) is 45.6 Å². The van der Waals surface area contributed by atoms with E-state index < -0.39 is 52.9 Å². The number of thiazole rings is 1. The Balaban J connectivity index is 1.74. The Morgan fingerprint density at radius 2 is 1.20 bits per heavy atom. The number of esters is 3. The molecule has 248 valence electrons. The standard InChI is InChI=1S/C38H31FN2O7S/c1-46-34(43)28-29(35(44)47-2)38(25-15-9-5-10-16-25,26-17-11-6-12-18-26)41(31(28)36(45)48-3)37-40-30(23-13-7-4-8-14-23)33(49-37)32(42)24-19-21-27(39)22-20-24/h4-22,28-29,31H,1-3H3/t28-,29-,31+/m0/s1. The van der Waals surface area contributed by atoms with Crippen LogP contribution in [-0.2, 0) is 34.1 Å². The van der Waals surface area contributed by atoms with Crippen LogP contribution in [0, 0.1) is 17.7 Å². The summed E-state index contributed by atoms with van der Waals surface area (Å²) in [6.07, 6.45) is 0. The number of methoxy groups -OCH3 is 3. The van der Waals surface area contributed by atoms with Gasteiger partial charge in [-0.15, -0.1) is 0 Å². The van der Waals surface area contributed by atoms with Crippen molar-refractivity contribution in [2.45, 2.75) is 11.6 Å². The van der Waals surface area contributed by atoms with Crippen molar-refractivity contribution in [3.05, 3.63) is 143 Å². The average Bonchev–Trinajstić information content (AvgIpc) is 3.73. The highest BCUT2D eigenvalue weighted by molar-refractivity contribution is 7.18.